The summed E-state index contributed by atoms with van der Waals surface area (Å²) >= 11 is 0. The fourth-order valence-corrected chi connectivity index (χ4v) is 5.22. The number of carbonyl (C=O) groups excluding carboxylic acids is 2. The minimum Gasteiger partial charge on any atom is -0.435 e. The number of rotatable bonds is 6. The first kappa shape index (κ1) is 29.9. The molecule has 5 rings (SSSR count). The van der Waals surface area contributed by atoms with Gasteiger partial charge in [-0.1, -0.05) is 37.3 Å². The Morgan fingerprint density at radius 1 is 1.00 bits per heavy atom. The highest BCUT2D eigenvalue weighted by molar-refractivity contribution is 6.05. The predicted octanol–water partition coefficient (Wildman–Crippen LogP) is 7.45. The van der Waals surface area contributed by atoms with Gasteiger partial charge < -0.3 is 20.3 Å². The Kier molecular flexibility index (Phi) is 8.84. The zero-order chi connectivity index (χ0) is 30.6. The standard InChI is InChI=1S/C33H33F3N4O3/c1-21-7-6-18-40(20-21)29-11-5-9-26(33(34,35)36)30(43-29)32(42)38-25-16-17-28(37-19-25)23-12-14-24(15-13-23)31(41)39-27-10-4-3-8-22(27)2/h3-4,8,10-17,19,21H,5-7,9,18,20H2,1-2H3,(H,38,42)(H,39,41). The second kappa shape index (κ2) is 12.7. The molecule has 1 fully saturated rings. The largest absolute Gasteiger partial charge is 0.435 e. The van der Waals surface area contributed by atoms with Crippen LogP contribution in [0, 0.1) is 12.8 Å². The molecule has 0 radical (unpaired) electrons. The van der Waals surface area contributed by atoms with Crippen molar-refractivity contribution in [3.05, 3.63) is 101 Å². The van der Waals surface area contributed by atoms with Gasteiger partial charge in [-0.25, -0.2) is 0 Å². The predicted molar refractivity (Wildman–Crippen MR) is 159 cm³/mol. The lowest BCUT2D eigenvalue weighted by molar-refractivity contribution is -0.119. The molecule has 1 saturated heterocycles. The van der Waals surface area contributed by atoms with Gasteiger partial charge in [-0.15, -0.1) is 0 Å². The molecular weight excluding hydrogens is 557 g/mol. The highest BCUT2D eigenvalue weighted by Crippen LogP contribution is 2.37. The average Bonchev–Trinajstić information content (AvgIpc) is 3.23. The SMILES string of the molecule is Cc1ccccc1NC(=O)c1ccc(-c2ccc(NC(=O)C3=C(C(F)(F)F)CCC=C(N4CCCC(C)C4)O3)cn2)cc1. The number of pyridine rings is 1. The van der Waals surface area contributed by atoms with Crippen LogP contribution in [-0.4, -0.2) is 41.0 Å². The van der Waals surface area contributed by atoms with Crippen LogP contribution >= 0.6 is 0 Å². The summed E-state index contributed by atoms with van der Waals surface area (Å²) in [4.78, 5) is 32.1. The van der Waals surface area contributed by atoms with Crippen molar-refractivity contribution in [2.24, 2.45) is 5.92 Å². The molecular formula is C33H33F3N4O3. The van der Waals surface area contributed by atoms with Crippen LogP contribution in [0.15, 0.2) is 90.2 Å². The number of piperidine rings is 1. The van der Waals surface area contributed by atoms with Crippen LogP contribution in [0.3, 0.4) is 0 Å². The fraction of sp³-hybridized carbons (Fsp3) is 0.303. The summed E-state index contributed by atoms with van der Waals surface area (Å²) in [7, 11) is 0. The maximum Gasteiger partial charge on any atom is 0.416 e. The van der Waals surface area contributed by atoms with Crippen LogP contribution < -0.4 is 10.6 Å². The smallest absolute Gasteiger partial charge is 0.416 e. The van der Waals surface area contributed by atoms with Gasteiger partial charge in [-0.05, 0) is 80.5 Å². The van der Waals surface area contributed by atoms with Gasteiger partial charge in [0.2, 0.25) is 5.76 Å². The molecule has 224 valence electrons. The third kappa shape index (κ3) is 7.25. The number of anilines is 2. The Morgan fingerprint density at radius 2 is 1.77 bits per heavy atom. The molecule has 2 aromatic carbocycles. The summed E-state index contributed by atoms with van der Waals surface area (Å²) in [6.45, 7) is 5.32. The first-order valence-corrected chi connectivity index (χ1v) is 14.3. The van der Waals surface area contributed by atoms with Gasteiger partial charge in [0.15, 0.2) is 5.88 Å². The first-order chi connectivity index (χ1) is 20.6. The fourth-order valence-electron chi connectivity index (χ4n) is 5.22. The number of para-hydroxylation sites is 1. The van der Waals surface area contributed by atoms with Gasteiger partial charge in [0.05, 0.1) is 23.2 Å². The van der Waals surface area contributed by atoms with E-state index >= 15 is 0 Å². The van der Waals surface area contributed by atoms with E-state index < -0.39 is 23.4 Å². The third-order valence-electron chi connectivity index (χ3n) is 7.57. The Bertz CT molecular complexity index is 1550. The first-order valence-electron chi connectivity index (χ1n) is 14.3. The van der Waals surface area contributed by atoms with E-state index in [4.69, 9.17) is 4.74 Å². The Hall–Kier alpha value is -4.60. The number of carbonyl (C=O) groups is 2. The molecule has 1 aromatic heterocycles. The monoisotopic (exact) mass is 590 g/mol. The van der Waals surface area contributed by atoms with Crippen LogP contribution in [0.5, 0.6) is 0 Å². The summed E-state index contributed by atoms with van der Waals surface area (Å²) in [6.07, 6.45) is 0.00934. The maximum absolute atomic E-state index is 14.0. The minimum absolute atomic E-state index is 0.119. The number of benzene rings is 2. The number of aryl methyl sites for hydroxylation is 1. The van der Waals surface area contributed by atoms with Crippen molar-refractivity contribution in [2.45, 2.75) is 45.7 Å². The number of aromatic nitrogens is 1. The van der Waals surface area contributed by atoms with Crippen molar-refractivity contribution in [2.75, 3.05) is 23.7 Å². The van der Waals surface area contributed by atoms with Crippen molar-refractivity contribution < 1.29 is 27.5 Å². The van der Waals surface area contributed by atoms with Crippen molar-refractivity contribution in [1.29, 1.82) is 0 Å². The van der Waals surface area contributed by atoms with Crippen LogP contribution in [0.25, 0.3) is 11.3 Å². The number of alkyl halides is 3. The van der Waals surface area contributed by atoms with Crippen molar-refractivity contribution in [3.8, 4) is 11.3 Å². The molecule has 0 spiro atoms. The lowest BCUT2D eigenvalue weighted by Crippen LogP contribution is -2.35. The summed E-state index contributed by atoms with van der Waals surface area (Å²) in [5, 5.41) is 5.41. The highest BCUT2D eigenvalue weighted by Gasteiger charge is 2.40. The van der Waals surface area contributed by atoms with Gasteiger partial charge in [-0.2, -0.15) is 13.2 Å². The van der Waals surface area contributed by atoms with Gasteiger partial charge in [0, 0.05) is 29.9 Å². The highest BCUT2D eigenvalue weighted by atomic mass is 19.4. The van der Waals surface area contributed by atoms with Crippen LogP contribution in [-0.2, 0) is 9.53 Å². The molecule has 3 aromatic rings. The zero-order valence-electron chi connectivity index (χ0n) is 24.0. The van der Waals surface area contributed by atoms with Crippen LogP contribution in [0.1, 0.15) is 48.5 Å². The quantitative estimate of drug-likeness (QED) is 0.312. The summed E-state index contributed by atoms with van der Waals surface area (Å²) in [6, 6.07) is 17.6. The van der Waals surface area contributed by atoms with Crippen molar-refractivity contribution in [1.82, 2.24) is 9.88 Å². The molecule has 0 bridgehead atoms. The number of likely N-dealkylation sites (tertiary alicyclic amines) is 1. The summed E-state index contributed by atoms with van der Waals surface area (Å²) < 4.78 is 47.6. The van der Waals surface area contributed by atoms with E-state index in [-0.39, 0.29) is 24.4 Å². The minimum atomic E-state index is -4.71. The van der Waals surface area contributed by atoms with Crippen LogP contribution in [0.4, 0.5) is 24.5 Å². The van der Waals surface area contributed by atoms with E-state index in [1.807, 2.05) is 36.1 Å². The van der Waals surface area contributed by atoms with Gasteiger partial charge in [-0.3, -0.25) is 14.6 Å². The number of hydrogen-bond acceptors (Lipinski definition) is 5. The summed E-state index contributed by atoms with van der Waals surface area (Å²) in [5.74, 6) is -1.29. The molecule has 7 nitrogen and oxygen atoms in total. The Labute approximate surface area is 248 Å². The number of allylic oxidation sites excluding steroid dienone is 2. The number of nitrogens with one attached hydrogen (secondary N) is 2. The molecule has 3 heterocycles. The number of ether oxygens (including phenoxy) is 1. The van der Waals surface area contributed by atoms with E-state index in [0.717, 1.165) is 29.7 Å². The topological polar surface area (TPSA) is 83.6 Å². The lowest BCUT2D eigenvalue weighted by atomic mass is 10.0. The average molecular weight is 591 g/mol. The van der Waals surface area contributed by atoms with Crippen molar-refractivity contribution in [3.63, 3.8) is 0 Å². The number of hydrogen-bond donors (Lipinski definition) is 2. The van der Waals surface area contributed by atoms with Crippen LogP contribution in [0.2, 0.25) is 0 Å². The maximum atomic E-state index is 14.0. The van der Waals surface area contributed by atoms with Gasteiger partial charge >= 0.3 is 6.18 Å². The number of halogens is 3. The van der Waals surface area contributed by atoms with E-state index in [0.29, 0.717) is 36.1 Å². The molecule has 2 amide bonds. The second-order valence-corrected chi connectivity index (χ2v) is 10.9. The van der Waals surface area contributed by atoms with E-state index in [1.54, 1.807) is 42.5 Å². The number of amides is 2. The molecule has 2 aliphatic rings. The van der Waals surface area contributed by atoms with Crippen molar-refractivity contribution >= 4 is 23.2 Å². The molecule has 0 aliphatic carbocycles. The molecule has 0 saturated carbocycles. The molecule has 1 atom stereocenters. The van der Waals surface area contributed by atoms with E-state index in [2.05, 4.69) is 22.5 Å². The zero-order valence-corrected chi connectivity index (χ0v) is 24.0. The van der Waals surface area contributed by atoms with E-state index in [9.17, 15) is 22.8 Å². The van der Waals surface area contributed by atoms with E-state index in [1.165, 1.54) is 6.20 Å². The molecule has 43 heavy (non-hydrogen) atoms. The third-order valence-corrected chi connectivity index (χ3v) is 7.57. The second-order valence-electron chi connectivity index (χ2n) is 10.9. The molecule has 1 unspecified atom stereocenters. The normalized spacial score (nSPS) is 17.5. The Morgan fingerprint density at radius 3 is 2.44 bits per heavy atom. The lowest BCUT2D eigenvalue weighted by Gasteiger charge is -2.33. The molecule has 2 aliphatic heterocycles. The molecule has 10 heteroatoms. The summed E-state index contributed by atoms with van der Waals surface area (Å²) in [5.41, 5.74) is 2.68. The Balaban J connectivity index is 1.28. The number of nitrogens with zero attached hydrogens (tertiary/aromatic N) is 2. The molecule has 2 N–H and O–H groups in total. The van der Waals surface area contributed by atoms with Gasteiger partial charge in [0.1, 0.15) is 0 Å². The van der Waals surface area contributed by atoms with Gasteiger partial charge in [0.25, 0.3) is 11.8 Å².